The minimum atomic E-state index is -0.374. The van der Waals surface area contributed by atoms with Crippen LogP contribution in [0.15, 0.2) is 48.5 Å². The molecule has 39 heavy (non-hydrogen) atoms. The number of hydrogen-bond acceptors (Lipinski definition) is 5. The van der Waals surface area contributed by atoms with Crippen LogP contribution < -0.4 is 0 Å². The SMILES string of the molecule is CCn1nnc2c(C)c(C(CC(=O)N(C)O)c3ccc4c(c3)CN(C(=O)c3ccc(C)c(C)c3)CC4)ccc21. The minimum Gasteiger partial charge on any atom is -0.334 e. The lowest BCUT2D eigenvalue weighted by Gasteiger charge is -2.30. The molecule has 0 saturated carbocycles. The van der Waals surface area contributed by atoms with Crippen LogP contribution in [0, 0.1) is 20.8 Å². The average Bonchev–Trinajstić information content (AvgIpc) is 3.36. The van der Waals surface area contributed by atoms with Gasteiger partial charge in [-0.1, -0.05) is 35.5 Å². The van der Waals surface area contributed by atoms with E-state index in [4.69, 9.17) is 0 Å². The lowest BCUT2D eigenvalue weighted by Crippen LogP contribution is -2.36. The molecule has 8 heteroatoms. The van der Waals surface area contributed by atoms with Crippen molar-refractivity contribution in [2.24, 2.45) is 0 Å². The van der Waals surface area contributed by atoms with Gasteiger partial charge >= 0.3 is 0 Å². The molecule has 3 aromatic carbocycles. The summed E-state index contributed by atoms with van der Waals surface area (Å²) in [5, 5.41) is 19.2. The molecule has 0 aliphatic carbocycles. The van der Waals surface area contributed by atoms with E-state index in [-0.39, 0.29) is 24.2 Å². The van der Waals surface area contributed by atoms with Crippen LogP contribution in [0.1, 0.15) is 68.6 Å². The standard InChI is InChI=1S/C31H35N5O3/c1-6-36-28-12-11-26(21(4)30(28)32-33-36)27(17-29(37)34(5)39)23-10-9-22-13-14-35(18-25(22)16-23)31(38)24-8-7-19(2)20(3)15-24/h7-12,15-16,27,39H,6,13-14,17-18H2,1-5H3. The lowest BCUT2D eigenvalue weighted by molar-refractivity contribution is -0.159. The van der Waals surface area contributed by atoms with Gasteiger partial charge in [-0.05, 0) is 91.3 Å². The summed E-state index contributed by atoms with van der Waals surface area (Å²) in [6.45, 7) is 10.00. The number of carbonyl (C=O) groups is 2. The summed E-state index contributed by atoms with van der Waals surface area (Å²) < 4.78 is 1.85. The molecule has 2 amide bonds. The molecule has 202 valence electrons. The molecule has 1 unspecified atom stereocenters. The molecule has 0 radical (unpaired) electrons. The van der Waals surface area contributed by atoms with Gasteiger partial charge in [-0.15, -0.1) is 5.10 Å². The molecular weight excluding hydrogens is 490 g/mol. The van der Waals surface area contributed by atoms with Crippen LogP contribution in [0.3, 0.4) is 0 Å². The van der Waals surface area contributed by atoms with Crippen LogP contribution in [-0.2, 0) is 24.3 Å². The molecule has 0 saturated heterocycles. The summed E-state index contributed by atoms with van der Waals surface area (Å²) in [6.07, 6.45) is 0.881. The predicted octanol–water partition coefficient (Wildman–Crippen LogP) is 4.94. The molecule has 1 N–H and O–H groups in total. The van der Waals surface area contributed by atoms with Crippen molar-refractivity contribution in [3.05, 3.63) is 93.0 Å². The highest BCUT2D eigenvalue weighted by atomic mass is 16.5. The molecule has 0 bridgehead atoms. The number of rotatable bonds is 6. The third-order valence-corrected chi connectivity index (χ3v) is 8.08. The van der Waals surface area contributed by atoms with Crippen LogP contribution in [0.4, 0.5) is 0 Å². The van der Waals surface area contributed by atoms with E-state index in [1.165, 1.54) is 18.2 Å². The quantitative estimate of drug-likeness (QED) is 0.284. The molecule has 1 aliphatic rings. The van der Waals surface area contributed by atoms with E-state index in [9.17, 15) is 14.8 Å². The van der Waals surface area contributed by atoms with Crippen molar-refractivity contribution < 1.29 is 14.8 Å². The van der Waals surface area contributed by atoms with Gasteiger partial charge in [-0.2, -0.15) is 0 Å². The van der Waals surface area contributed by atoms with Crippen molar-refractivity contribution in [2.45, 2.75) is 59.5 Å². The zero-order valence-electron chi connectivity index (χ0n) is 23.2. The summed E-state index contributed by atoms with van der Waals surface area (Å²) >= 11 is 0. The smallest absolute Gasteiger partial charge is 0.254 e. The van der Waals surface area contributed by atoms with E-state index in [2.05, 4.69) is 28.5 Å². The summed E-state index contributed by atoms with van der Waals surface area (Å²) in [7, 11) is 1.35. The van der Waals surface area contributed by atoms with Gasteiger partial charge in [-0.25, -0.2) is 9.75 Å². The zero-order chi connectivity index (χ0) is 27.8. The maximum Gasteiger partial charge on any atom is 0.254 e. The van der Waals surface area contributed by atoms with Crippen LogP contribution >= 0.6 is 0 Å². The summed E-state index contributed by atoms with van der Waals surface area (Å²) in [6, 6.07) is 16.2. The second-order valence-corrected chi connectivity index (χ2v) is 10.5. The Morgan fingerprint density at radius 1 is 1.03 bits per heavy atom. The van der Waals surface area contributed by atoms with Gasteiger partial charge in [0, 0.05) is 44.6 Å². The van der Waals surface area contributed by atoms with Crippen LogP contribution in [0.2, 0.25) is 0 Å². The summed E-state index contributed by atoms with van der Waals surface area (Å²) in [4.78, 5) is 28.0. The fourth-order valence-corrected chi connectivity index (χ4v) is 5.53. The maximum atomic E-state index is 13.4. The number of hydrogen-bond donors (Lipinski definition) is 1. The molecule has 8 nitrogen and oxygen atoms in total. The van der Waals surface area contributed by atoms with E-state index in [1.54, 1.807) is 0 Å². The van der Waals surface area contributed by atoms with Gasteiger partial charge in [-0.3, -0.25) is 14.8 Å². The van der Waals surface area contributed by atoms with Gasteiger partial charge in [0.1, 0.15) is 5.52 Å². The topological polar surface area (TPSA) is 91.6 Å². The monoisotopic (exact) mass is 525 g/mol. The number of amides is 2. The molecule has 0 fully saturated rings. The van der Waals surface area contributed by atoms with Crippen molar-refractivity contribution in [3.8, 4) is 0 Å². The third-order valence-electron chi connectivity index (χ3n) is 8.08. The molecule has 5 rings (SSSR count). The second-order valence-electron chi connectivity index (χ2n) is 10.5. The number of aryl methyl sites for hydroxylation is 4. The van der Waals surface area contributed by atoms with Gasteiger partial charge in [0.05, 0.1) is 5.52 Å². The first kappa shape index (κ1) is 26.6. The summed E-state index contributed by atoms with van der Waals surface area (Å²) in [5.74, 6) is -0.636. The fourth-order valence-electron chi connectivity index (χ4n) is 5.53. The highest BCUT2D eigenvalue weighted by molar-refractivity contribution is 5.94. The van der Waals surface area contributed by atoms with Gasteiger partial charge in [0.25, 0.3) is 5.91 Å². The average molecular weight is 526 g/mol. The highest BCUT2D eigenvalue weighted by Crippen LogP contribution is 2.35. The van der Waals surface area contributed by atoms with E-state index in [0.29, 0.717) is 30.3 Å². The lowest BCUT2D eigenvalue weighted by atomic mass is 9.83. The maximum absolute atomic E-state index is 13.4. The van der Waals surface area contributed by atoms with Crippen molar-refractivity contribution in [1.82, 2.24) is 25.0 Å². The number of carbonyl (C=O) groups excluding carboxylic acids is 2. The molecule has 0 spiro atoms. The van der Waals surface area contributed by atoms with E-state index >= 15 is 0 Å². The first-order valence-corrected chi connectivity index (χ1v) is 13.4. The van der Waals surface area contributed by atoms with Gasteiger partial charge in [0.15, 0.2) is 0 Å². The number of hydroxylamine groups is 2. The van der Waals surface area contributed by atoms with Gasteiger partial charge in [0.2, 0.25) is 5.91 Å². The van der Waals surface area contributed by atoms with E-state index in [0.717, 1.165) is 45.3 Å². The first-order chi connectivity index (χ1) is 18.7. The fraction of sp³-hybridized carbons (Fsp3) is 0.355. The van der Waals surface area contributed by atoms with Gasteiger partial charge < -0.3 is 4.90 Å². The van der Waals surface area contributed by atoms with Crippen LogP contribution in [-0.4, -0.2) is 55.6 Å². The molecule has 2 heterocycles. The van der Waals surface area contributed by atoms with E-state index in [1.807, 2.05) is 67.6 Å². The van der Waals surface area contributed by atoms with Crippen molar-refractivity contribution in [1.29, 1.82) is 0 Å². The van der Waals surface area contributed by atoms with E-state index < -0.39 is 0 Å². The predicted molar refractivity (Wildman–Crippen MR) is 150 cm³/mol. The Morgan fingerprint density at radius 2 is 1.82 bits per heavy atom. The second kappa shape index (κ2) is 10.6. The Labute approximate surface area is 228 Å². The van der Waals surface area contributed by atoms with Crippen LogP contribution in [0.5, 0.6) is 0 Å². The molecule has 1 aromatic heterocycles. The zero-order valence-corrected chi connectivity index (χ0v) is 23.2. The normalized spacial score (nSPS) is 13.8. The largest absolute Gasteiger partial charge is 0.334 e. The Bertz CT molecular complexity index is 1570. The molecule has 4 aromatic rings. The Morgan fingerprint density at radius 3 is 2.54 bits per heavy atom. The third kappa shape index (κ3) is 5.04. The Balaban J connectivity index is 1.51. The minimum absolute atomic E-state index is 0.0306. The van der Waals surface area contributed by atoms with Crippen LogP contribution in [0.25, 0.3) is 11.0 Å². The molecule has 1 aliphatic heterocycles. The number of aromatic nitrogens is 3. The van der Waals surface area contributed by atoms with Crippen molar-refractivity contribution in [2.75, 3.05) is 13.6 Å². The van der Waals surface area contributed by atoms with Crippen molar-refractivity contribution >= 4 is 22.8 Å². The summed E-state index contributed by atoms with van der Waals surface area (Å²) in [5.41, 5.74) is 9.95. The first-order valence-electron chi connectivity index (χ1n) is 13.4. The molecular formula is C31H35N5O3. The Kier molecular flexibility index (Phi) is 7.23. The number of benzene rings is 3. The number of nitrogens with zero attached hydrogens (tertiary/aromatic N) is 5. The number of fused-ring (bicyclic) bond motifs is 2. The van der Waals surface area contributed by atoms with Crippen molar-refractivity contribution in [3.63, 3.8) is 0 Å². The molecule has 1 atom stereocenters. The Hall–Kier alpha value is -4.04. The highest BCUT2D eigenvalue weighted by Gasteiger charge is 2.27.